The molecule has 1 aliphatic carbocycles. The quantitative estimate of drug-likeness (QED) is 0.621. The summed E-state index contributed by atoms with van der Waals surface area (Å²) in [6, 6.07) is 6.83. The maximum Gasteiger partial charge on any atom is 0.189 e. The van der Waals surface area contributed by atoms with Crippen LogP contribution in [0.5, 0.6) is 5.75 Å². The molecule has 3 nitrogen and oxygen atoms in total. The van der Waals surface area contributed by atoms with Crippen LogP contribution in [0, 0.1) is 0 Å². The Bertz CT molecular complexity index is 379. The topological polar surface area (TPSA) is 30.5 Å². The van der Waals surface area contributed by atoms with E-state index in [0.29, 0.717) is 19.4 Å². The van der Waals surface area contributed by atoms with Gasteiger partial charge in [0.05, 0.1) is 0 Å². The predicted molar refractivity (Wildman–Crippen MR) is 72.9 cm³/mol. The molecule has 18 heavy (non-hydrogen) atoms. The number of rotatable bonds is 6. The van der Waals surface area contributed by atoms with E-state index in [0.717, 1.165) is 18.7 Å². The summed E-state index contributed by atoms with van der Waals surface area (Å²) in [6.45, 7) is 6.18. The normalized spacial score (nSPS) is 18.4. The fraction of sp³-hybridized carbons (Fsp3) is 0.600. The molecule has 1 atom stereocenters. The van der Waals surface area contributed by atoms with Crippen LogP contribution in [0.15, 0.2) is 18.2 Å². The van der Waals surface area contributed by atoms with Crippen LogP contribution < -0.4 is 10.1 Å². The van der Waals surface area contributed by atoms with Crippen molar-refractivity contribution in [1.29, 1.82) is 0 Å². The van der Waals surface area contributed by atoms with E-state index in [9.17, 15) is 0 Å². The van der Waals surface area contributed by atoms with Gasteiger partial charge in [-0.25, -0.2) is 0 Å². The summed E-state index contributed by atoms with van der Waals surface area (Å²) in [5, 5.41) is 3.55. The number of hydrogen-bond donors (Lipinski definition) is 1. The third-order valence-electron chi connectivity index (χ3n) is 3.42. The Labute approximate surface area is 109 Å². The summed E-state index contributed by atoms with van der Waals surface area (Å²) in [5.41, 5.74) is 2.76. The second-order valence-electron chi connectivity index (χ2n) is 4.58. The van der Waals surface area contributed by atoms with Crippen molar-refractivity contribution >= 4 is 0 Å². The van der Waals surface area contributed by atoms with E-state index >= 15 is 0 Å². The van der Waals surface area contributed by atoms with E-state index in [1.807, 2.05) is 13.0 Å². The van der Waals surface area contributed by atoms with Crippen molar-refractivity contribution in [3.05, 3.63) is 29.3 Å². The Balaban J connectivity index is 2.15. The van der Waals surface area contributed by atoms with Gasteiger partial charge in [-0.05, 0) is 49.9 Å². The van der Waals surface area contributed by atoms with Crippen molar-refractivity contribution in [2.45, 2.75) is 39.2 Å². The average Bonchev–Trinajstić information content (AvgIpc) is 2.40. The van der Waals surface area contributed by atoms with E-state index in [1.165, 1.54) is 24.0 Å². The maximum absolute atomic E-state index is 5.72. The fourth-order valence-corrected chi connectivity index (χ4v) is 2.60. The molecular formula is C15H23NO2. The SMILES string of the molecule is CCNC1CCCc2c(OCOCC)cccc21. The Kier molecular flexibility index (Phi) is 5.02. The highest BCUT2D eigenvalue weighted by molar-refractivity contribution is 5.43. The molecule has 100 valence electrons. The van der Waals surface area contributed by atoms with Crippen LogP contribution in [0.25, 0.3) is 0 Å². The molecule has 1 N–H and O–H groups in total. The van der Waals surface area contributed by atoms with Gasteiger partial charge in [0.15, 0.2) is 6.79 Å². The summed E-state index contributed by atoms with van der Waals surface area (Å²) >= 11 is 0. The first-order chi connectivity index (χ1) is 8.86. The summed E-state index contributed by atoms with van der Waals surface area (Å²) in [7, 11) is 0. The molecule has 1 aromatic rings. The Morgan fingerprint density at radius 3 is 3.00 bits per heavy atom. The largest absolute Gasteiger partial charge is 0.467 e. The van der Waals surface area contributed by atoms with Crippen LogP contribution in [0.3, 0.4) is 0 Å². The second kappa shape index (κ2) is 6.76. The van der Waals surface area contributed by atoms with Crippen LogP contribution >= 0.6 is 0 Å². The van der Waals surface area contributed by atoms with Crippen molar-refractivity contribution in [2.75, 3.05) is 19.9 Å². The third kappa shape index (κ3) is 3.03. The van der Waals surface area contributed by atoms with Crippen LogP contribution in [0.4, 0.5) is 0 Å². The van der Waals surface area contributed by atoms with Crippen molar-refractivity contribution in [2.24, 2.45) is 0 Å². The zero-order valence-electron chi connectivity index (χ0n) is 11.4. The molecule has 1 unspecified atom stereocenters. The van der Waals surface area contributed by atoms with E-state index in [4.69, 9.17) is 9.47 Å². The van der Waals surface area contributed by atoms with E-state index < -0.39 is 0 Å². The van der Waals surface area contributed by atoms with Gasteiger partial charge in [-0.1, -0.05) is 19.1 Å². The number of fused-ring (bicyclic) bond motifs is 1. The van der Waals surface area contributed by atoms with Gasteiger partial charge in [-0.15, -0.1) is 0 Å². The fourth-order valence-electron chi connectivity index (χ4n) is 2.60. The molecule has 2 rings (SSSR count). The number of ether oxygens (including phenoxy) is 2. The third-order valence-corrected chi connectivity index (χ3v) is 3.42. The number of hydrogen-bond acceptors (Lipinski definition) is 3. The predicted octanol–water partition coefficient (Wildman–Crippen LogP) is 3.05. The molecule has 0 aliphatic heterocycles. The molecule has 1 aliphatic rings. The lowest BCUT2D eigenvalue weighted by Gasteiger charge is -2.27. The van der Waals surface area contributed by atoms with Gasteiger partial charge in [-0.2, -0.15) is 0 Å². The molecule has 0 saturated carbocycles. The van der Waals surface area contributed by atoms with E-state index in [1.54, 1.807) is 0 Å². The highest BCUT2D eigenvalue weighted by Gasteiger charge is 2.21. The Morgan fingerprint density at radius 2 is 2.22 bits per heavy atom. The first-order valence-electron chi connectivity index (χ1n) is 6.92. The minimum Gasteiger partial charge on any atom is -0.467 e. The molecule has 1 aromatic carbocycles. The molecule has 0 saturated heterocycles. The molecule has 0 heterocycles. The zero-order valence-corrected chi connectivity index (χ0v) is 11.4. The van der Waals surface area contributed by atoms with E-state index in [-0.39, 0.29) is 0 Å². The Morgan fingerprint density at radius 1 is 1.33 bits per heavy atom. The van der Waals surface area contributed by atoms with Gasteiger partial charge < -0.3 is 14.8 Å². The average molecular weight is 249 g/mol. The second-order valence-corrected chi connectivity index (χ2v) is 4.58. The number of nitrogens with one attached hydrogen (secondary N) is 1. The van der Waals surface area contributed by atoms with Gasteiger partial charge in [0.1, 0.15) is 5.75 Å². The van der Waals surface area contributed by atoms with Crippen molar-refractivity contribution in [3.63, 3.8) is 0 Å². The van der Waals surface area contributed by atoms with Crippen LogP contribution in [-0.4, -0.2) is 19.9 Å². The van der Waals surface area contributed by atoms with Crippen LogP contribution in [0.2, 0.25) is 0 Å². The molecule has 0 fully saturated rings. The summed E-state index contributed by atoms with van der Waals surface area (Å²) in [6.07, 6.45) is 3.55. The highest BCUT2D eigenvalue weighted by atomic mass is 16.7. The highest BCUT2D eigenvalue weighted by Crippen LogP contribution is 2.35. The van der Waals surface area contributed by atoms with Crippen LogP contribution in [0.1, 0.15) is 43.9 Å². The summed E-state index contributed by atoms with van der Waals surface area (Å²) in [5.74, 6) is 0.989. The van der Waals surface area contributed by atoms with Crippen molar-refractivity contribution in [1.82, 2.24) is 5.32 Å². The lowest BCUT2D eigenvalue weighted by molar-refractivity contribution is 0.0216. The van der Waals surface area contributed by atoms with Gasteiger partial charge in [0.25, 0.3) is 0 Å². The van der Waals surface area contributed by atoms with Gasteiger partial charge in [0, 0.05) is 12.6 Å². The summed E-state index contributed by atoms with van der Waals surface area (Å²) < 4.78 is 11.0. The lowest BCUT2D eigenvalue weighted by Crippen LogP contribution is -2.25. The molecule has 0 spiro atoms. The minimum absolute atomic E-state index is 0.346. The zero-order chi connectivity index (χ0) is 12.8. The standard InChI is InChI=1S/C15H23NO2/c1-3-16-14-9-5-8-13-12(14)7-6-10-15(13)18-11-17-4-2/h6-7,10,14,16H,3-5,8-9,11H2,1-2H3. The molecule has 0 radical (unpaired) electrons. The molecule has 0 aromatic heterocycles. The lowest BCUT2D eigenvalue weighted by atomic mass is 9.87. The number of benzene rings is 1. The van der Waals surface area contributed by atoms with E-state index in [2.05, 4.69) is 24.4 Å². The molecular weight excluding hydrogens is 226 g/mol. The monoisotopic (exact) mass is 249 g/mol. The van der Waals surface area contributed by atoms with Crippen LogP contribution in [-0.2, 0) is 11.2 Å². The van der Waals surface area contributed by atoms with Crippen molar-refractivity contribution in [3.8, 4) is 5.75 Å². The van der Waals surface area contributed by atoms with Crippen molar-refractivity contribution < 1.29 is 9.47 Å². The molecule has 3 heteroatoms. The maximum atomic E-state index is 5.72. The van der Waals surface area contributed by atoms with Gasteiger partial charge >= 0.3 is 0 Å². The first-order valence-corrected chi connectivity index (χ1v) is 6.92. The first kappa shape index (κ1) is 13.4. The van der Waals surface area contributed by atoms with Gasteiger partial charge in [-0.3, -0.25) is 0 Å². The Hall–Kier alpha value is -1.06. The molecule has 0 bridgehead atoms. The molecule has 0 amide bonds. The minimum atomic E-state index is 0.346. The van der Waals surface area contributed by atoms with Gasteiger partial charge in [0.2, 0.25) is 0 Å². The smallest absolute Gasteiger partial charge is 0.189 e. The summed E-state index contributed by atoms with van der Waals surface area (Å²) in [4.78, 5) is 0.